The van der Waals surface area contributed by atoms with E-state index in [0.717, 1.165) is 53.3 Å². The summed E-state index contributed by atoms with van der Waals surface area (Å²) in [7, 11) is 6.99. The third kappa shape index (κ3) is 4.36. The molecule has 1 aliphatic carbocycles. The molecule has 1 amide bonds. The number of ether oxygens (including phenoxy) is 2. The Morgan fingerprint density at radius 2 is 2.12 bits per heavy atom. The summed E-state index contributed by atoms with van der Waals surface area (Å²) in [6, 6.07) is 9.82. The van der Waals surface area contributed by atoms with Crippen molar-refractivity contribution in [3.8, 4) is 11.5 Å². The van der Waals surface area contributed by atoms with E-state index in [0.29, 0.717) is 18.8 Å². The second-order valence-corrected chi connectivity index (χ2v) is 8.11. The largest absolute Gasteiger partial charge is 0.493 e. The fourth-order valence-electron chi connectivity index (χ4n) is 4.37. The maximum absolute atomic E-state index is 13.2. The molecule has 1 atom stereocenters. The molecular formula is C24H30N4O4. The quantitative estimate of drug-likeness (QED) is 0.582. The summed E-state index contributed by atoms with van der Waals surface area (Å²) in [4.78, 5) is 14.8. The molecule has 8 nitrogen and oxygen atoms in total. The van der Waals surface area contributed by atoms with Gasteiger partial charge in [-0.25, -0.2) is 0 Å². The van der Waals surface area contributed by atoms with E-state index >= 15 is 0 Å². The highest BCUT2D eigenvalue weighted by molar-refractivity contribution is 5.94. The van der Waals surface area contributed by atoms with Gasteiger partial charge in [0.05, 0.1) is 27.0 Å². The Kier molecular flexibility index (Phi) is 6.50. The first-order chi connectivity index (χ1) is 15.5. The second-order valence-electron chi connectivity index (χ2n) is 8.11. The van der Waals surface area contributed by atoms with Gasteiger partial charge in [-0.2, -0.15) is 5.10 Å². The average Bonchev–Trinajstić information content (AvgIpc) is 3.44. The van der Waals surface area contributed by atoms with Gasteiger partial charge in [-0.3, -0.25) is 9.48 Å². The third-order valence-corrected chi connectivity index (χ3v) is 6.04. The highest BCUT2D eigenvalue weighted by atomic mass is 16.5. The van der Waals surface area contributed by atoms with Crippen LogP contribution in [0, 0.1) is 0 Å². The fourth-order valence-corrected chi connectivity index (χ4v) is 4.37. The number of fused-ring (bicyclic) bond motifs is 1. The number of aromatic nitrogens is 2. The Morgan fingerprint density at radius 1 is 1.28 bits per heavy atom. The minimum absolute atomic E-state index is 0.0895. The molecular weight excluding hydrogens is 408 g/mol. The Bertz CT molecular complexity index is 1070. The molecule has 0 bridgehead atoms. The van der Waals surface area contributed by atoms with Crippen molar-refractivity contribution in [1.29, 1.82) is 0 Å². The first kappa shape index (κ1) is 22.0. The fraction of sp³-hybridized carbons (Fsp3) is 0.417. The smallest absolute Gasteiger partial charge is 0.274 e. The van der Waals surface area contributed by atoms with E-state index in [9.17, 15) is 4.79 Å². The molecule has 0 saturated carbocycles. The van der Waals surface area contributed by atoms with Crippen LogP contribution in [0.25, 0.3) is 0 Å². The number of methoxy groups -OCH3 is 2. The Hall–Kier alpha value is -3.26. The first-order valence-electron chi connectivity index (χ1n) is 10.8. The lowest BCUT2D eigenvalue weighted by Gasteiger charge is -2.25. The summed E-state index contributed by atoms with van der Waals surface area (Å²) in [5.74, 6) is 2.12. The average molecular weight is 439 g/mol. The van der Waals surface area contributed by atoms with Crippen LogP contribution < -0.4 is 14.8 Å². The van der Waals surface area contributed by atoms with Gasteiger partial charge in [-0.1, -0.05) is 12.1 Å². The van der Waals surface area contributed by atoms with Crippen molar-refractivity contribution < 1.29 is 18.7 Å². The van der Waals surface area contributed by atoms with Crippen molar-refractivity contribution in [3.05, 3.63) is 64.9 Å². The predicted octanol–water partition coefficient (Wildman–Crippen LogP) is 2.95. The van der Waals surface area contributed by atoms with Crippen molar-refractivity contribution >= 4 is 5.91 Å². The van der Waals surface area contributed by atoms with Crippen molar-refractivity contribution in [1.82, 2.24) is 20.0 Å². The lowest BCUT2D eigenvalue weighted by atomic mass is 9.91. The Morgan fingerprint density at radius 3 is 2.84 bits per heavy atom. The van der Waals surface area contributed by atoms with Gasteiger partial charge < -0.3 is 24.1 Å². The number of furan rings is 1. The van der Waals surface area contributed by atoms with E-state index in [4.69, 9.17) is 13.9 Å². The molecule has 1 N–H and O–H groups in total. The normalized spacial score (nSPS) is 15.3. The van der Waals surface area contributed by atoms with Gasteiger partial charge in [-0.05, 0) is 37.5 Å². The maximum Gasteiger partial charge on any atom is 0.274 e. The van der Waals surface area contributed by atoms with Gasteiger partial charge >= 0.3 is 0 Å². The molecule has 0 saturated heterocycles. The molecule has 2 heterocycles. The standard InChI is InChI=1S/C24H30N4O4/c1-27(15-18-8-6-12-32-18)24(29)22-19-13-17(10-11-20(19)28(2)26-22)25-14-16-7-5-9-21(30-3)23(16)31-4/h5-9,12,17,25H,10-11,13-15H2,1-4H3. The van der Waals surface area contributed by atoms with Crippen LogP contribution in [0.1, 0.15) is 39.5 Å². The molecule has 2 aromatic heterocycles. The summed E-state index contributed by atoms with van der Waals surface area (Å²) < 4.78 is 18.2. The van der Waals surface area contributed by atoms with Crippen molar-refractivity contribution in [2.75, 3.05) is 21.3 Å². The van der Waals surface area contributed by atoms with Crippen molar-refractivity contribution in [2.45, 2.75) is 38.4 Å². The first-order valence-corrected chi connectivity index (χ1v) is 10.8. The number of hydrogen-bond donors (Lipinski definition) is 1. The molecule has 0 aliphatic heterocycles. The summed E-state index contributed by atoms with van der Waals surface area (Å²) in [5, 5.41) is 8.21. The zero-order valence-corrected chi connectivity index (χ0v) is 19.1. The van der Waals surface area contributed by atoms with Crippen LogP contribution in [0.15, 0.2) is 41.0 Å². The highest BCUT2D eigenvalue weighted by Crippen LogP contribution is 2.31. The number of benzene rings is 1. The highest BCUT2D eigenvalue weighted by Gasteiger charge is 2.30. The number of aryl methyl sites for hydroxylation is 1. The van der Waals surface area contributed by atoms with Crippen LogP contribution in [0.4, 0.5) is 0 Å². The predicted molar refractivity (Wildman–Crippen MR) is 120 cm³/mol. The zero-order chi connectivity index (χ0) is 22.7. The molecule has 1 aromatic carbocycles. The van der Waals surface area contributed by atoms with Gasteiger partial charge in [-0.15, -0.1) is 0 Å². The van der Waals surface area contributed by atoms with Crippen LogP contribution in [-0.2, 0) is 33.0 Å². The van der Waals surface area contributed by atoms with E-state index < -0.39 is 0 Å². The molecule has 8 heteroatoms. The minimum Gasteiger partial charge on any atom is -0.493 e. The summed E-state index contributed by atoms with van der Waals surface area (Å²) in [5.41, 5.74) is 3.74. The topological polar surface area (TPSA) is 81.8 Å². The van der Waals surface area contributed by atoms with Crippen LogP contribution in [-0.4, -0.2) is 47.9 Å². The molecule has 0 spiro atoms. The number of rotatable bonds is 8. The monoisotopic (exact) mass is 438 g/mol. The molecule has 1 unspecified atom stereocenters. The summed E-state index contributed by atoms with van der Waals surface area (Å²) in [6.07, 6.45) is 4.23. The number of para-hydroxylation sites is 1. The van der Waals surface area contributed by atoms with Gasteiger partial charge in [0, 0.05) is 43.5 Å². The lowest BCUT2D eigenvalue weighted by Crippen LogP contribution is -2.35. The van der Waals surface area contributed by atoms with Crippen molar-refractivity contribution in [2.24, 2.45) is 7.05 Å². The van der Waals surface area contributed by atoms with E-state index in [1.165, 1.54) is 0 Å². The molecule has 0 radical (unpaired) electrons. The maximum atomic E-state index is 13.2. The Labute approximate surface area is 188 Å². The van der Waals surface area contributed by atoms with Crippen molar-refractivity contribution in [3.63, 3.8) is 0 Å². The number of nitrogens with zero attached hydrogens (tertiary/aromatic N) is 3. The number of carbonyl (C=O) groups excluding carboxylic acids is 1. The van der Waals surface area contributed by atoms with Crippen LogP contribution >= 0.6 is 0 Å². The van der Waals surface area contributed by atoms with Crippen LogP contribution in [0.2, 0.25) is 0 Å². The van der Waals surface area contributed by atoms with Crippen LogP contribution in [0.3, 0.4) is 0 Å². The Balaban J connectivity index is 1.47. The van der Waals surface area contributed by atoms with Gasteiger partial charge in [0.1, 0.15) is 5.76 Å². The molecule has 1 aliphatic rings. The number of carbonyl (C=O) groups is 1. The molecule has 4 rings (SSSR count). The molecule has 32 heavy (non-hydrogen) atoms. The van der Waals surface area contributed by atoms with E-state index in [1.807, 2.05) is 42.1 Å². The van der Waals surface area contributed by atoms with Gasteiger partial charge in [0.15, 0.2) is 17.2 Å². The van der Waals surface area contributed by atoms with E-state index in [1.54, 1.807) is 32.4 Å². The summed E-state index contributed by atoms with van der Waals surface area (Å²) >= 11 is 0. The number of nitrogens with one attached hydrogen (secondary N) is 1. The minimum atomic E-state index is -0.0895. The third-order valence-electron chi connectivity index (χ3n) is 6.04. The van der Waals surface area contributed by atoms with E-state index in [2.05, 4.69) is 10.4 Å². The van der Waals surface area contributed by atoms with Gasteiger partial charge in [0.2, 0.25) is 0 Å². The molecule has 170 valence electrons. The SMILES string of the molecule is COc1cccc(CNC2CCc3c(c(C(=O)N(C)Cc4ccco4)nn3C)C2)c1OC. The molecule has 0 fully saturated rings. The summed E-state index contributed by atoms with van der Waals surface area (Å²) in [6.45, 7) is 1.07. The number of hydrogen-bond acceptors (Lipinski definition) is 6. The van der Waals surface area contributed by atoms with E-state index in [-0.39, 0.29) is 11.9 Å². The molecule has 3 aromatic rings. The second kappa shape index (κ2) is 9.48. The number of amides is 1. The lowest BCUT2D eigenvalue weighted by molar-refractivity contribution is 0.0767. The zero-order valence-electron chi connectivity index (χ0n) is 19.1. The van der Waals surface area contributed by atoms with Gasteiger partial charge in [0.25, 0.3) is 5.91 Å². The van der Waals surface area contributed by atoms with Crippen LogP contribution in [0.5, 0.6) is 11.5 Å².